The van der Waals surface area contributed by atoms with Gasteiger partial charge in [-0.15, -0.1) is 0 Å². The van der Waals surface area contributed by atoms with E-state index < -0.39 is 5.97 Å². The van der Waals surface area contributed by atoms with Crippen LogP contribution in [-0.2, 0) is 30.7 Å². The highest BCUT2D eigenvalue weighted by molar-refractivity contribution is 5.69. The fourth-order valence-electron chi connectivity index (χ4n) is 4.22. The standard InChI is InChI=1S/C27H27FO3/c28-24-12-15-26(22-11-10-20-5-1-2-6-21(20)16-22)23(17-24)18-31-25-13-8-19(9-14-25)4-3-7-27(29)30/h8-17H,1-7,18H2,(H,29,30). The Hall–Kier alpha value is -3.14. The smallest absolute Gasteiger partial charge is 0.303 e. The highest BCUT2D eigenvalue weighted by Crippen LogP contribution is 2.30. The van der Waals surface area contributed by atoms with Crippen molar-refractivity contribution in [3.8, 4) is 16.9 Å². The van der Waals surface area contributed by atoms with Gasteiger partial charge < -0.3 is 9.84 Å². The second-order valence-electron chi connectivity index (χ2n) is 8.17. The van der Waals surface area contributed by atoms with Crippen LogP contribution in [-0.4, -0.2) is 11.1 Å². The van der Waals surface area contributed by atoms with Gasteiger partial charge in [-0.25, -0.2) is 4.39 Å². The molecule has 0 fully saturated rings. The van der Waals surface area contributed by atoms with E-state index in [0.717, 1.165) is 41.5 Å². The summed E-state index contributed by atoms with van der Waals surface area (Å²) in [4.78, 5) is 10.6. The van der Waals surface area contributed by atoms with E-state index in [-0.39, 0.29) is 18.8 Å². The molecule has 0 unspecified atom stereocenters. The van der Waals surface area contributed by atoms with Crippen LogP contribution in [0.5, 0.6) is 5.75 Å². The Balaban J connectivity index is 1.46. The maximum Gasteiger partial charge on any atom is 0.303 e. The number of aliphatic carboxylic acids is 1. The number of halogens is 1. The summed E-state index contributed by atoms with van der Waals surface area (Å²) in [5, 5.41) is 8.75. The molecule has 0 radical (unpaired) electrons. The lowest BCUT2D eigenvalue weighted by Crippen LogP contribution is -2.03. The van der Waals surface area contributed by atoms with Crippen LogP contribution < -0.4 is 4.74 Å². The van der Waals surface area contributed by atoms with Gasteiger partial charge in [-0.05, 0) is 96.2 Å². The van der Waals surface area contributed by atoms with Gasteiger partial charge in [0.25, 0.3) is 0 Å². The summed E-state index contributed by atoms with van der Waals surface area (Å²) in [7, 11) is 0. The van der Waals surface area contributed by atoms with Gasteiger partial charge in [-0.2, -0.15) is 0 Å². The number of carbonyl (C=O) groups is 1. The molecule has 3 nitrogen and oxygen atoms in total. The van der Waals surface area contributed by atoms with Gasteiger partial charge in [0, 0.05) is 6.42 Å². The molecule has 0 heterocycles. The van der Waals surface area contributed by atoms with Crippen molar-refractivity contribution in [2.24, 2.45) is 0 Å². The van der Waals surface area contributed by atoms with Crippen LogP contribution in [0.4, 0.5) is 4.39 Å². The van der Waals surface area contributed by atoms with Crippen LogP contribution >= 0.6 is 0 Å². The summed E-state index contributed by atoms with van der Waals surface area (Å²) in [6.45, 7) is 0.280. The van der Waals surface area contributed by atoms with Crippen LogP contribution in [0, 0.1) is 5.82 Å². The quantitative estimate of drug-likeness (QED) is 0.463. The lowest BCUT2D eigenvalue weighted by molar-refractivity contribution is -0.137. The maximum atomic E-state index is 14.0. The largest absolute Gasteiger partial charge is 0.489 e. The zero-order valence-electron chi connectivity index (χ0n) is 17.6. The van der Waals surface area contributed by atoms with Gasteiger partial charge in [0.1, 0.15) is 18.2 Å². The lowest BCUT2D eigenvalue weighted by Gasteiger charge is -2.18. The zero-order chi connectivity index (χ0) is 21.6. The Morgan fingerprint density at radius 1 is 0.935 bits per heavy atom. The second kappa shape index (κ2) is 9.78. The Morgan fingerprint density at radius 2 is 1.71 bits per heavy atom. The van der Waals surface area contributed by atoms with Crippen molar-refractivity contribution in [3.63, 3.8) is 0 Å². The van der Waals surface area contributed by atoms with Crippen LogP contribution in [0.3, 0.4) is 0 Å². The summed E-state index contributed by atoms with van der Waals surface area (Å²) < 4.78 is 20.0. The van der Waals surface area contributed by atoms with E-state index in [2.05, 4.69) is 18.2 Å². The van der Waals surface area contributed by atoms with Crippen molar-refractivity contribution in [2.75, 3.05) is 0 Å². The first-order chi connectivity index (χ1) is 15.1. The van der Waals surface area contributed by atoms with Gasteiger partial charge in [-0.1, -0.05) is 36.4 Å². The van der Waals surface area contributed by atoms with E-state index in [1.165, 1.54) is 30.0 Å². The topological polar surface area (TPSA) is 46.5 Å². The molecule has 31 heavy (non-hydrogen) atoms. The molecule has 0 bridgehead atoms. The second-order valence-corrected chi connectivity index (χ2v) is 8.17. The lowest BCUT2D eigenvalue weighted by atomic mass is 9.88. The van der Waals surface area contributed by atoms with E-state index in [4.69, 9.17) is 9.84 Å². The summed E-state index contributed by atoms with van der Waals surface area (Å²) in [5.41, 5.74) is 6.83. The number of ether oxygens (including phenoxy) is 1. The molecular formula is C27H27FO3. The van der Waals surface area contributed by atoms with Crippen molar-refractivity contribution in [1.82, 2.24) is 0 Å². The highest BCUT2D eigenvalue weighted by atomic mass is 19.1. The third-order valence-electron chi connectivity index (χ3n) is 5.90. The highest BCUT2D eigenvalue weighted by Gasteiger charge is 2.13. The van der Waals surface area contributed by atoms with Gasteiger partial charge in [0.05, 0.1) is 0 Å². The normalized spacial score (nSPS) is 12.9. The zero-order valence-corrected chi connectivity index (χ0v) is 17.6. The molecule has 0 saturated carbocycles. The minimum Gasteiger partial charge on any atom is -0.489 e. The molecule has 4 rings (SSSR count). The number of aryl methyl sites for hydroxylation is 3. The third-order valence-corrected chi connectivity index (χ3v) is 5.90. The van der Waals surface area contributed by atoms with Gasteiger partial charge in [0.2, 0.25) is 0 Å². The third kappa shape index (κ3) is 5.52. The Morgan fingerprint density at radius 3 is 2.48 bits per heavy atom. The van der Waals surface area contributed by atoms with E-state index in [0.29, 0.717) is 12.2 Å². The molecule has 3 aromatic rings. The van der Waals surface area contributed by atoms with Gasteiger partial charge >= 0.3 is 5.97 Å². The SMILES string of the molecule is O=C(O)CCCc1ccc(OCc2cc(F)ccc2-c2ccc3c(c2)CCCC3)cc1. The molecule has 0 aliphatic heterocycles. The summed E-state index contributed by atoms with van der Waals surface area (Å²) in [6, 6.07) is 19.1. The van der Waals surface area contributed by atoms with E-state index in [1.807, 2.05) is 30.3 Å². The molecule has 1 N–H and O–H groups in total. The molecule has 0 saturated heterocycles. The van der Waals surface area contributed by atoms with Gasteiger partial charge in [0.15, 0.2) is 0 Å². The molecule has 0 atom stereocenters. The number of fused-ring (bicyclic) bond motifs is 1. The summed E-state index contributed by atoms with van der Waals surface area (Å²) in [5.74, 6) is -0.332. The van der Waals surface area contributed by atoms with Crippen molar-refractivity contribution in [3.05, 3.63) is 88.7 Å². The average Bonchev–Trinajstić information content (AvgIpc) is 2.78. The summed E-state index contributed by atoms with van der Waals surface area (Å²) in [6.07, 6.45) is 6.23. The predicted octanol–water partition coefficient (Wildman–Crippen LogP) is 6.36. The molecule has 4 heteroatoms. The first kappa shape index (κ1) is 21.1. The molecule has 0 amide bonds. The molecular weight excluding hydrogens is 391 g/mol. The molecule has 3 aromatic carbocycles. The molecule has 1 aliphatic carbocycles. The van der Waals surface area contributed by atoms with Crippen molar-refractivity contribution in [1.29, 1.82) is 0 Å². The Labute approximate surface area is 182 Å². The van der Waals surface area contributed by atoms with Crippen LogP contribution in [0.15, 0.2) is 60.7 Å². The molecule has 0 aromatic heterocycles. The minimum atomic E-state index is -0.773. The number of rotatable bonds is 8. The fraction of sp³-hybridized carbons (Fsp3) is 0.296. The number of hydrogen-bond donors (Lipinski definition) is 1. The van der Waals surface area contributed by atoms with E-state index in [9.17, 15) is 9.18 Å². The first-order valence-electron chi connectivity index (χ1n) is 10.9. The summed E-state index contributed by atoms with van der Waals surface area (Å²) >= 11 is 0. The minimum absolute atomic E-state index is 0.170. The molecule has 1 aliphatic rings. The maximum absolute atomic E-state index is 14.0. The van der Waals surface area contributed by atoms with Crippen LogP contribution in [0.1, 0.15) is 47.9 Å². The Bertz CT molecular complexity index is 1060. The number of carboxylic acid groups (broad SMARTS) is 1. The molecule has 160 valence electrons. The van der Waals surface area contributed by atoms with Crippen LogP contribution in [0.2, 0.25) is 0 Å². The molecule has 0 spiro atoms. The Kier molecular flexibility index (Phi) is 6.66. The van der Waals surface area contributed by atoms with Crippen molar-refractivity contribution in [2.45, 2.75) is 51.6 Å². The van der Waals surface area contributed by atoms with E-state index in [1.54, 1.807) is 6.07 Å². The first-order valence-corrected chi connectivity index (χ1v) is 10.9. The predicted molar refractivity (Wildman–Crippen MR) is 120 cm³/mol. The van der Waals surface area contributed by atoms with Gasteiger partial charge in [-0.3, -0.25) is 4.79 Å². The van der Waals surface area contributed by atoms with Crippen molar-refractivity contribution < 1.29 is 19.0 Å². The number of hydrogen-bond acceptors (Lipinski definition) is 2. The average molecular weight is 419 g/mol. The fourth-order valence-corrected chi connectivity index (χ4v) is 4.22. The van der Waals surface area contributed by atoms with E-state index >= 15 is 0 Å². The van der Waals surface area contributed by atoms with Crippen molar-refractivity contribution >= 4 is 5.97 Å². The number of benzene rings is 3. The monoisotopic (exact) mass is 418 g/mol. The van der Waals surface area contributed by atoms with Crippen LogP contribution in [0.25, 0.3) is 11.1 Å². The number of carboxylic acids is 1.